The lowest BCUT2D eigenvalue weighted by Gasteiger charge is -2.05. The number of fused-ring (bicyclic) bond motifs is 1. The van der Waals surface area contributed by atoms with Crippen molar-refractivity contribution >= 4 is 22.6 Å². The molecule has 0 radical (unpaired) electrons. The normalized spacial score (nSPS) is 11.3. The van der Waals surface area contributed by atoms with E-state index < -0.39 is 0 Å². The van der Waals surface area contributed by atoms with Gasteiger partial charge in [0.1, 0.15) is 23.6 Å². The van der Waals surface area contributed by atoms with Crippen LogP contribution in [0.3, 0.4) is 0 Å². The average molecular weight is 280 g/mol. The molecule has 98 valence electrons. The fraction of sp³-hybridized carbons (Fsp3) is 0.231. The van der Waals surface area contributed by atoms with Crippen molar-refractivity contribution in [1.29, 1.82) is 0 Å². The summed E-state index contributed by atoms with van der Waals surface area (Å²) in [6.07, 6.45) is 2.14. The minimum Gasteiger partial charge on any atom is -0.364 e. The molecule has 3 rings (SSSR count). The molecule has 0 aliphatic rings. The second-order valence-electron chi connectivity index (χ2n) is 4.18. The van der Waals surface area contributed by atoms with Crippen molar-refractivity contribution in [3.8, 4) is 0 Å². The number of hydrogen-bond donors (Lipinski definition) is 0. The molecule has 0 aliphatic heterocycles. The molecular weight excluding hydrogens is 269 g/mol. The van der Waals surface area contributed by atoms with Gasteiger partial charge in [-0.3, -0.25) is 0 Å². The van der Waals surface area contributed by atoms with Gasteiger partial charge in [0, 0.05) is 24.4 Å². The first-order valence-electron chi connectivity index (χ1n) is 5.88. The molecule has 6 heteroatoms. The van der Waals surface area contributed by atoms with Crippen molar-refractivity contribution in [2.75, 3.05) is 5.88 Å². The third kappa shape index (κ3) is 2.33. The van der Waals surface area contributed by atoms with Gasteiger partial charge in [-0.15, -0.1) is 11.6 Å². The molecule has 3 aromatic rings. The molecule has 0 aliphatic carbocycles. The Bertz CT molecular complexity index is 693. The second-order valence-corrected chi connectivity index (χ2v) is 4.55. The Morgan fingerprint density at radius 1 is 1.32 bits per heavy atom. The van der Waals surface area contributed by atoms with Gasteiger partial charge >= 0.3 is 0 Å². The summed E-state index contributed by atoms with van der Waals surface area (Å²) in [4.78, 5) is 4.42. The van der Waals surface area contributed by atoms with Gasteiger partial charge in [0.25, 0.3) is 0 Å². The molecule has 0 saturated heterocycles. The molecular formula is C13H11ClFN3O. The lowest BCUT2D eigenvalue weighted by Crippen LogP contribution is -2.06. The first-order chi connectivity index (χ1) is 9.28. The predicted octanol–water partition coefficient (Wildman–Crippen LogP) is 2.99. The number of hydrogen-bond acceptors (Lipinski definition) is 3. The van der Waals surface area contributed by atoms with Gasteiger partial charge in [-0.25, -0.2) is 9.37 Å². The zero-order valence-corrected chi connectivity index (χ0v) is 10.8. The van der Waals surface area contributed by atoms with Gasteiger partial charge < -0.3 is 9.09 Å². The highest BCUT2D eigenvalue weighted by Crippen LogP contribution is 2.19. The van der Waals surface area contributed by atoms with E-state index in [4.69, 9.17) is 16.1 Å². The number of benzene rings is 1. The maximum absolute atomic E-state index is 13.2. The van der Waals surface area contributed by atoms with Gasteiger partial charge in [0.15, 0.2) is 0 Å². The van der Waals surface area contributed by atoms with Gasteiger partial charge in [-0.1, -0.05) is 5.16 Å². The van der Waals surface area contributed by atoms with E-state index in [2.05, 4.69) is 10.1 Å². The predicted molar refractivity (Wildman–Crippen MR) is 69.7 cm³/mol. The number of rotatable bonds is 4. The molecule has 1 aromatic carbocycles. The minimum atomic E-state index is -0.295. The Balaban J connectivity index is 2.10. The molecule has 0 amide bonds. The smallest absolute Gasteiger partial charge is 0.125 e. The Hall–Kier alpha value is -1.88. The summed E-state index contributed by atoms with van der Waals surface area (Å²) in [6.45, 7) is 0.533. The Morgan fingerprint density at radius 3 is 2.95 bits per heavy atom. The number of aromatic nitrogens is 3. The van der Waals surface area contributed by atoms with Crippen molar-refractivity contribution in [3.63, 3.8) is 0 Å². The van der Waals surface area contributed by atoms with E-state index in [0.29, 0.717) is 24.4 Å². The topological polar surface area (TPSA) is 43.9 Å². The SMILES string of the molecule is Fc1ccc2c(c1)nc(CCCl)n2Cc1ccon1. The van der Waals surface area contributed by atoms with E-state index in [1.807, 2.05) is 4.57 Å². The third-order valence-electron chi connectivity index (χ3n) is 2.92. The van der Waals surface area contributed by atoms with Crippen LogP contribution in [0.25, 0.3) is 11.0 Å². The first kappa shape index (κ1) is 12.2. The molecule has 4 nitrogen and oxygen atoms in total. The van der Waals surface area contributed by atoms with Crippen LogP contribution in [0.5, 0.6) is 0 Å². The molecule has 0 saturated carbocycles. The highest BCUT2D eigenvalue weighted by molar-refractivity contribution is 6.17. The molecule has 0 bridgehead atoms. The first-order valence-corrected chi connectivity index (χ1v) is 6.41. The van der Waals surface area contributed by atoms with Crippen molar-refractivity contribution in [2.24, 2.45) is 0 Å². The fourth-order valence-corrected chi connectivity index (χ4v) is 2.25. The monoisotopic (exact) mass is 279 g/mol. The summed E-state index contributed by atoms with van der Waals surface area (Å²) < 4.78 is 20.0. The summed E-state index contributed by atoms with van der Waals surface area (Å²) in [6, 6.07) is 6.36. The highest BCUT2D eigenvalue weighted by Gasteiger charge is 2.12. The van der Waals surface area contributed by atoms with Crippen molar-refractivity contribution in [1.82, 2.24) is 14.7 Å². The summed E-state index contributed by atoms with van der Waals surface area (Å²) in [7, 11) is 0. The number of imidazole rings is 1. The average Bonchev–Trinajstić information content (AvgIpc) is 2.99. The van der Waals surface area contributed by atoms with Crippen LogP contribution in [0.1, 0.15) is 11.5 Å². The van der Waals surface area contributed by atoms with E-state index in [0.717, 1.165) is 17.0 Å². The van der Waals surface area contributed by atoms with Crippen molar-refractivity contribution in [3.05, 3.63) is 47.9 Å². The molecule has 0 unspecified atom stereocenters. The Morgan fingerprint density at radius 2 is 2.21 bits per heavy atom. The van der Waals surface area contributed by atoms with Crippen LogP contribution in [0.4, 0.5) is 4.39 Å². The molecule has 2 heterocycles. The number of alkyl halides is 1. The van der Waals surface area contributed by atoms with Gasteiger partial charge in [-0.05, 0) is 12.1 Å². The van der Waals surface area contributed by atoms with E-state index in [1.54, 1.807) is 12.1 Å². The fourth-order valence-electron chi connectivity index (χ4n) is 2.09. The number of aryl methyl sites for hydroxylation is 1. The van der Waals surface area contributed by atoms with Crippen molar-refractivity contribution < 1.29 is 8.91 Å². The summed E-state index contributed by atoms with van der Waals surface area (Å²) in [5, 5.41) is 3.89. The second kappa shape index (κ2) is 5.01. The maximum Gasteiger partial charge on any atom is 0.125 e. The summed E-state index contributed by atoms with van der Waals surface area (Å²) in [5.74, 6) is 0.986. The summed E-state index contributed by atoms with van der Waals surface area (Å²) >= 11 is 5.79. The lowest BCUT2D eigenvalue weighted by molar-refractivity contribution is 0.409. The lowest BCUT2D eigenvalue weighted by atomic mass is 10.3. The minimum absolute atomic E-state index is 0.295. The number of nitrogens with zero attached hydrogens (tertiary/aromatic N) is 3. The zero-order chi connectivity index (χ0) is 13.2. The van der Waals surface area contributed by atoms with E-state index >= 15 is 0 Å². The van der Waals surface area contributed by atoms with Crippen LogP contribution in [0.2, 0.25) is 0 Å². The van der Waals surface area contributed by atoms with Crippen molar-refractivity contribution in [2.45, 2.75) is 13.0 Å². The molecule has 0 N–H and O–H groups in total. The summed E-state index contributed by atoms with van der Waals surface area (Å²) in [5.41, 5.74) is 2.28. The Labute approximate surface area is 113 Å². The van der Waals surface area contributed by atoms with Crippen LogP contribution in [-0.4, -0.2) is 20.6 Å². The quantitative estimate of drug-likeness (QED) is 0.690. The third-order valence-corrected chi connectivity index (χ3v) is 3.11. The van der Waals surface area contributed by atoms with Gasteiger partial charge in [0.05, 0.1) is 17.6 Å². The molecule has 19 heavy (non-hydrogen) atoms. The van der Waals surface area contributed by atoms with Crippen LogP contribution >= 0.6 is 11.6 Å². The Kier molecular flexibility index (Phi) is 3.21. The number of halogens is 2. The molecule has 0 fully saturated rings. The van der Waals surface area contributed by atoms with Crippen LogP contribution in [0.15, 0.2) is 35.1 Å². The van der Waals surface area contributed by atoms with Crippen LogP contribution in [0, 0.1) is 5.82 Å². The molecule has 0 spiro atoms. The van der Waals surface area contributed by atoms with E-state index in [-0.39, 0.29) is 5.82 Å². The van der Waals surface area contributed by atoms with Gasteiger partial charge in [-0.2, -0.15) is 0 Å². The standard InChI is InChI=1S/C13H11ClFN3O/c14-5-3-13-16-11-7-9(15)1-2-12(11)18(13)8-10-4-6-19-17-10/h1-2,4,6-7H,3,5,8H2. The molecule has 2 aromatic heterocycles. The highest BCUT2D eigenvalue weighted by atomic mass is 35.5. The van der Waals surface area contributed by atoms with Crippen LogP contribution < -0.4 is 0 Å². The van der Waals surface area contributed by atoms with E-state index in [9.17, 15) is 4.39 Å². The largest absolute Gasteiger partial charge is 0.364 e. The zero-order valence-electron chi connectivity index (χ0n) is 10.0. The maximum atomic E-state index is 13.2. The van der Waals surface area contributed by atoms with E-state index in [1.165, 1.54) is 18.4 Å². The van der Waals surface area contributed by atoms with Gasteiger partial charge in [0.2, 0.25) is 0 Å². The molecule has 0 atom stereocenters. The van der Waals surface area contributed by atoms with Crippen LogP contribution in [-0.2, 0) is 13.0 Å².